The number of urea groups is 1. The Bertz CT molecular complexity index is 354. The Morgan fingerprint density at radius 1 is 1.62 bits per heavy atom. The lowest BCUT2D eigenvalue weighted by atomic mass is 10.1. The molecule has 1 atom stereocenters. The maximum absolute atomic E-state index is 11.4. The van der Waals surface area contributed by atoms with E-state index in [0.717, 1.165) is 0 Å². The Morgan fingerprint density at radius 2 is 2.38 bits per heavy atom. The van der Waals surface area contributed by atoms with E-state index >= 15 is 0 Å². The average Bonchev–Trinajstić information content (AvgIpc) is 2.68. The molecule has 1 heterocycles. The van der Waals surface area contributed by atoms with Gasteiger partial charge in [-0.25, -0.2) is 4.79 Å². The Hall–Kier alpha value is -1.70. The SMILES string of the molecule is CCC(CC(=O)O)NC(=O)Nc1nncs1. The first-order valence-corrected chi connectivity index (χ1v) is 5.55. The number of aromatic nitrogens is 2. The molecule has 0 aromatic carbocycles. The summed E-state index contributed by atoms with van der Waals surface area (Å²) in [5.74, 6) is -0.942. The molecule has 0 aliphatic carbocycles. The van der Waals surface area contributed by atoms with Crippen molar-refractivity contribution in [3.63, 3.8) is 0 Å². The number of carboxylic acid groups (broad SMARTS) is 1. The third-order valence-corrected chi connectivity index (χ3v) is 2.44. The molecule has 0 aliphatic heterocycles. The van der Waals surface area contributed by atoms with Crippen molar-refractivity contribution in [2.45, 2.75) is 25.8 Å². The first-order chi connectivity index (χ1) is 7.61. The summed E-state index contributed by atoms with van der Waals surface area (Å²) >= 11 is 1.19. The predicted molar refractivity (Wildman–Crippen MR) is 58.4 cm³/mol. The van der Waals surface area contributed by atoms with Crippen LogP contribution in [-0.2, 0) is 4.79 Å². The minimum atomic E-state index is -0.942. The van der Waals surface area contributed by atoms with Crippen LogP contribution >= 0.6 is 11.3 Å². The zero-order valence-electron chi connectivity index (χ0n) is 8.64. The summed E-state index contributed by atoms with van der Waals surface area (Å²) in [6.45, 7) is 1.80. The van der Waals surface area contributed by atoms with Gasteiger partial charge in [-0.1, -0.05) is 18.3 Å². The van der Waals surface area contributed by atoms with Crippen LogP contribution in [0.1, 0.15) is 19.8 Å². The molecule has 2 amide bonds. The molecule has 0 saturated carbocycles. The van der Waals surface area contributed by atoms with E-state index in [1.165, 1.54) is 16.8 Å². The molecule has 88 valence electrons. The number of carbonyl (C=O) groups is 2. The number of nitrogens with one attached hydrogen (secondary N) is 2. The molecule has 1 aromatic rings. The molecule has 0 spiro atoms. The van der Waals surface area contributed by atoms with Gasteiger partial charge in [0.1, 0.15) is 5.51 Å². The van der Waals surface area contributed by atoms with Crippen molar-refractivity contribution in [2.24, 2.45) is 0 Å². The number of aliphatic carboxylic acids is 1. The van der Waals surface area contributed by atoms with E-state index < -0.39 is 12.0 Å². The second-order valence-corrected chi connectivity index (χ2v) is 3.88. The third-order valence-electron chi connectivity index (χ3n) is 1.83. The lowest BCUT2D eigenvalue weighted by Gasteiger charge is -2.14. The number of anilines is 1. The molecule has 1 rings (SSSR count). The highest BCUT2D eigenvalue weighted by Crippen LogP contribution is 2.07. The van der Waals surface area contributed by atoms with Gasteiger partial charge in [0.05, 0.1) is 6.42 Å². The van der Waals surface area contributed by atoms with E-state index in [1.54, 1.807) is 6.92 Å². The van der Waals surface area contributed by atoms with E-state index in [1.807, 2.05) is 0 Å². The van der Waals surface area contributed by atoms with Crippen LogP contribution in [0.4, 0.5) is 9.93 Å². The molecule has 3 N–H and O–H groups in total. The molecule has 0 aliphatic rings. The van der Waals surface area contributed by atoms with E-state index in [0.29, 0.717) is 11.6 Å². The summed E-state index contributed by atoms with van der Waals surface area (Å²) in [5, 5.41) is 21.2. The highest BCUT2D eigenvalue weighted by molar-refractivity contribution is 7.13. The summed E-state index contributed by atoms with van der Waals surface area (Å²) < 4.78 is 0. The van der Waals surface area contributed by atoms with Gasteiger partial charge in [0, 0.05) is 6.04 Å². The van der Waals surface area contributed by atoms with Crippen molar-refractivity contribution in [1.82, 2.24) is 15.5 Å². The summed E-state index contributed by atoms with van der Waals surface area (Å²) in [6.07, 6.45) is 0.454. The Morgan fingerprint density at radius 3 is 2.88 bits per heavy atom. The molecule has 7 nitrogen and oxygen atoms in total. The van der Waals surface area contributed by atoms with Crippen molar-refractivity contribution in [1.29, 1.82) is 0 Å². The maximum Gasteiger partial charge on any atom is 0.321 e. The van der Waals surface area contributed by atoms with Gasteiger partial charge in [0.15, 0.2) is 0 Å². The van der Waals surface area contributed by atoms with Crippen LogP contribution in [0.15, 0.2) is 5.51 Å². The van der Waals surface area contributed by atoms with Crippen LogP contribution in [0.3, 0.4) is 0 Å². The number of hydrogen-bond donors (Lipinski definition) is 3. The zero-order chi connectivity index (χ0) is 12.0. The Balaban J connectivity index is 2.40. The van der Waals surface area contributed by atoms with Crippen LogP contribution in [0.25, 0.3) is 0 Å². The van der Waals surface area contributed by atoms with Gasteiger partial charge in [0.2, 0.25) is 5.13 Å². The van der Waals surface area contributed by atoms with Crippen molar-refractivity contribution in [2.75, 3.05) is 5.32 Å². The molecule has 8 heteroatoms. The summed E-state index contributed by atoms with van der Waals surface area (Å²) in [4.78, 5) is 21.9. The molecule has 0 fully saturated rings. The van der Waals surface area contributed by atoms with E-state index in [4.69, 9.17) is 5.11 Å². The van der Waals surface area contributed by atoms with Crippen LogP contribution in [0, 0.1) is 0 Å². The number of hydrogen-bond acceptors (Lipinski definition) is 5. The Labute approximate surface area is 95.9 Å². The first-order valence-electron chi connectivity index (χ1n) is 4.67. The standard InChI is InChI=1S/C8H12N4O3S/c1-2-5(3-6(13)14)10-7(15)11-8-12-9-4-16-8/h4-5H,2-3H2,1H3,(H,13,14)(H2,10,11,12,15). The highest BCUT2D eigenvalue weighted by atomic mass is 32.1. The van der Waals surface area contributed by atoms with Crippen LogP contribution in [-0.4, -0.2) is 33.3 Å². The first kappa shape index (κ1) is 12.4. The highest BCUT2D eigenvalue weighted by Gasteiger charge is 2.14. The summed E-state index contributed by atoms with van der Waals surface area (Å²) in [6, 6.07) is -0.852. The monoisotopic (exact) mass is 244 g/mol. The average molecular weight is 244 g/mol. The second kappa shape index (κ2) is 6.01. The quantitative estimate of drug-likeness (QED) is 0.714. The fourth-order valence-corrected chi connectivity index (χ4v) is 1.49. The van der Waals surface area contributed by atoms with Crippen molar-refractivity contribution < 1.29 is 14.7 Å². The van der Waals surface area contributed by atoms with Gasteiger partial charge in [-0.05, 0) is 6.42 Å². The number of amides is 2. The number of carboxylic acids is 1. The molecule has 1 aromatic heterocycles. The largest absolute Gasteiger partial charge is 0.481 e. The van der Waals surface area contributed by atoms with Crippen LogP contribution in [0.2, 0.25) is 0 Å². The third kappa shape index (κ3) is 4.22. The van der Waals surface area contributed by atoms with Gasteiger partial charge in [0.25, 0.3) is 0 Å². The molecule has 1 unspecified atom stereocenters. The summed E-state index contributed by atoms with van der Waals surface area (Å²) in [7, 11) is 0. The predicted octanol–water partition coefficient (Wildman–Crippen LogP) is 0.913. The normalized spacial score (nSPS) is 11.8. The van der Waals surface area contributed by atoms with E-state index in [2.05, 4.69) is 20.8 Å². The second-order valence-electron chi connectivity index (χ2n) is 3.05. The fourth-order valence-electron chi connectivity index (χ4n) is 1.05. The Kier molecular flexibility index (Phi) is 4.65. The van der Waals surface area contributed by atoms with Gasteiger partial charge >= 0.3 is 12.0 Å². The number of carbonyl (C=O) groups excluding carboxylic acids is 1. The van der Waals surface area contributed by atoms with Crippen molar-refractivity contribution >= 4 is 28.5 Å². The van der Waals surface area contributed by atoms with Crippen molar-refractivity contribution in [3.05, 3.63) is 5.51 Å². The summed E-state index contributed by atoms with van der Waals surface area (Å²) in [5.41, 5.74) is 1.49. The zero-order valence-corrected chi connectivity index (χ0v) is 9.45. The van der Waals surface area contributed by atoms with Gasteiger partial charge in [-0.2, -0.15) is 0 Å². The van der Waals surface area contributed by atoms with Gasteiger partial charge in [-0.3, -0.25) is 10.1 Å². The molecular formula is C8H12N4O3S. The molecular weight excluding hydrogens is 232 g/mol. The molecule has 0 saturated heterocycles. The minimum absolute atomic E-state index is 0.0972. The van der Waals surface area contributed by atoms with E-state index in [-0.39, 0.29) is 12.5 Å². The van der Waals surface area contributed by atoms with E-state index in [9.17, 15) is 9.59 Å². The van der Waals surface area contributed by atoms with Gasteiger partial charge < -0.3 is 10.4 Å². The molecule has 16 heavy (non-hydrogen) atoms. The number of rotatable bonds is 5. The fraction of sp³-hybridized carbons (Fsp3) is 0.500. The molecule has 0 bridgehead atoms. The number of nitrogens with zero attached hydrogens (tertiary/aromatic N) is 2. The molecule has 0 radical (unpaired) electrons. The lowest BCUT2D eigenvalue weighted by Crippen LogP contribution is -2.38. The topological polar surface area (TPSA) is 104 Å². The smallest absolute Gasteiger partial charge is 0.321 e. The van der Waals surface area contributed by atoms with Gasteiger partial charge in [-0.15, -0.1) is 10.2 Å². The van der Waals surface area contributed by atoms with Crippen LogP contribution in [0.5, 0.6) is 0 Å². The van der Waals surface area contributed by atoms with Crippen LogP contribution < -0.4 is 10.6 Å². The minimum Gasteiger partial charge on any atom is -0.481 e. The lowest BCUT2D eigenvalue weighted by molar-refractivity contribution is -0.137. The maximum atomic E-state index is 11.4. The van der Waals surface area contributed by atoms with Crippen molar-refractivity contribution in [3.8, 4) is 0 Å².